The highest BCUT2D eigenvalue weighted by Crippen LogP contribution is 2.48. The highest BCUT2D eigenvalue weighted by atomic mass is 35.5. The van der Waals surface area contributed by atoms with Gasteiger partial charge in [0.25, 0.3) is 11.8 Å². The Kier molecular flexibility index (Phi) is 8.80. The molecule has 5 aromatic rings. The molecule has 56 heavy (non-hydrogen) atoms. The van der Waals surface area contributed by atoms with E-state index in [9.17, 15) is 31.9 Å². The number of nitrogens with one attached hydrogen (secondary N) is 2. The van der Waals surface area contributed by atoms with Crippen LogP contribution in [-0.2, 0) is 27.1 Å². The summed E-state index contributed by atoms with van der Waals surface area (Å²) in [7, 11) is 0. The molecule has 2 fully saturated rings. The molecule has 2 saturated carbocycles. The van der Waals surface area contributed by atoms with Gasteiger partial charge in [-0.05, 0) is 86.2 Å². The first kappa shape index (κ1) is 37.3. The predicted molar refractivity (Wildman–Crippen MR) is 199 cm³/mol. The standard InChI is InChI=1S/C39H31Cl2F4N7O4/c1-36(18-21-2-9-26(10-3-21)56-39(43,44)45)34(55)51(25-16-27(40)31(42)28(41)17-25)35-48-20-29(52(35)36)32(53)49-38(14-15-38)33(54)50-37(12-13-37)30-11-6-23(19-47-30)22-4-7-24(46)8-5-22/h2-11,16-17,19-20H,12-15,18,46H2,1H3,(H,49,53)(H,50,54)/t36-/m1/s1. The van der Waals surface area contributed by atoms with Crippen LogP contribution in [0.5, 0.6) is 5.75 Å². The van der Waals surface area contributed by atoms with E-state index in [0.29, 0.717) is 42.6 Å². The van der Waals surface area contributed by atoms with E-state index in [4.69, 9.17) is 28.9 Å². The van der Waals surface area contributed by atoms with E-state index >= 15 is 0 Å². The van der Waals surface area contributed by atoms with Gasteiger partial charge < -0.3 is 21.1 Å². The number of aromatic nitrogens is 3. The number of rotatable bonds is 10. The fraction of sp³-hybridized carbons (Fsp3) is 0.256. The van der Waals surface area contributed by atoms with Crippen LogP contribution < -0.4 is 26.0 Å². The highest BCUT2D eigenvalue weighted by Gasteiger charge is 2.57. The average Bonchev–Trinajstić information content (AvgIpc) is 4.06. The van der Waals surface area contributed by atoms with Gasteiger partial charge in [-0.3, -0.25) is 23.9 Å². The largest absolute Gasteiger partial charge is 0.573 e. The first-order valence-electron chi connectivity index (χ1n) is 17.4. The molecule has 1 aliphatic heterocycles. The lowest BCUT2D eigenvalue weighted by molar-refractivity contribution is -0.274. The van der Waals surface area contributed by atoms with Gasteiger partial charge in [0.15, 0.2) is 5.82 Å². The number of nitrogens with zero attached hydrogens (tertiary/aromatic N) is 4. The molecule has 3 aliphatic rings. The fourth-order valence-corrected chi connectivity index (χ4v) is 7.56. The molecule has 3 amide bonds. The lowest BCUT2D eigenvalue weighted by Gasteiger charge is -2.27. The molecule has 4 N–H and O–H groups in total. The maximum Gasteiger partial charge on any atom is 0.573 e. The maximum absolute atomic E-state index is 14.4. The summed E-state index contributed by atoms with van der Waals surface area (Å²) < 4.78 is 58.3. The minimum Gasteiger partial charge on any atom is -0.406 e. The van der Waals surface area contributed by atoms with E-state index in [-0.39, 0.29) is 39.7 Å². The van der Waals surface area contributed by atoms with Crippen LogP contribution in [0, 0.1) is 5.82 Å². The monoisotopic (exact) mass is 807 g/mol. The number of anilines is 3. The van der Waals surface area contributed by atoms with E-state index in [0.717, 1.165) is 28.2 Å². The van der Waals surface area contributed by atoms with Gasteiger partial charge in [-0.15, -0.1) is 13.2 Å². The van der Waals surface area contributed by atoms with Crippen LogP contribution in [0.15, 0.2) is 85.2 Å². The fourth-order valence-electron chi connectivity index (χ4n) is 7.08. The Labute approximate surface area is 326 Å². The lowest BCUT2D eigenvalue weighted by atomic mass is 9.91. The Morgan fingerprint density at radius 1 is 0.893 bits per heavy atom. The Morgan fingerprint density at radius 2 is 1.54 bits per heavy atom. The molecule has 0 spiro atoms. The van der Waals surface area contributed by atoms with Gasteiger partial charge in [-0.25, -0.2) is 14.3 Å². The van der Waals surface area contributed by atoms with Crippen molar-refractivity contribution in [2.75, 3.05) is 10.6 Å². The van der Waals surface area contributed by atoms with Gasteiger partial charge in [0, 0.05) is 23.9 Å². The number of hydrogen-bond donors (Lipinski definition) is 3. The number of carbonyl (C=O) groups excluding carboxylic acids is 3. The summed E-state index contributed by atoms with van der Waals surface area (Å²) in [4.78, 5) is 52.7. The third-order valence-corrected chi connectivity index (χ3v) is 11.0. The number of benzene rings is 3. The van der Waals surface area contributed by atoms with Gasteiger partial charge in [-0.2, -0.15) is 0 Å². The number of ether oxygens (including phenoxy) is 1. The van der Waals surface area contributed by atoms with E-state index in [1.165, 1.54) is 42.0 Å². The number of nitrogen functional groups attached to an aromatic ring is 1. The van der Waals surface area contributed by atoms with Crippen molar-refractivity contribution in [3.05, 3.63) is 118 Å². The number of amides is 3. The van der Waals surface area contributed by atoms with Gasteiger partial charge >= 0.3 is 6.36 Å². The van der Waals surface area contributed by atoms with Crippen LogP contribution in [0.25, 0.3) is 11.1 Å². The van der Waals surface area contributed by atoms with Crippen LogP contribution >= 0.6 is 23.2 Å². The summed E-state index contributed by atoms with van der Waals surface area (Å²) >= 11 is 12.2. The number of fused-ring (bicyclic) bond motifs is 1. The minimum atomic E-state index is -4.91. The van der Waals surface area contributed by atoms with E-state index in [1.54, 1.807) is 18.3 Å². The van der Waals surface area contributed by atoms with Gasteiger partial charge in [0.05, 0.1) is 33.2 Å². The Morgan fingerprint density at radius 3 is 2.11 bits per heavy atom. The van der Waals surface area contributed by atoms with Crippen LogP contribution in [-0.4, -0.2) is 44.2 Å². The molecule has 0 saturated heterocycles. The van der Waals surface area contributed by atoms with Crippen molar-refractivity contribution in [3.63, 3.8) is 0 Å². The zero-order chi connectivity index (χ0) is 39.8. The maximum atomic E-state index is 14.4. The number of hydrogen-bond acceptors (Lipinski definition) is 7. The molecule has 2 aromatic heterocycles. The molecule has 17 heteroatoms. The number of imidazole rings is 1. The zero-order valence-corrected chi connectivity index (χ0v) is 30.9. The second-order valence-corrected chi connectivity index (χ2v) is 15.2. The third kappa shape index (κ3) is 6.68. The molecule has 3 heterocycles. The quantitative estimate of drug-likeness (QED) is 0.0750. The Bertz CT molecular complexity index is 2380. The number of halogens is 6. The van der Waals surface area contributed by atoms with Crippen molar-refractivity contribution in [2.24, 2.45) is 0 Å². The van der Waals surface area contributed by atoms with Crippen LogP contribution in [0.1, 0.15) is 54.4 Å². The Hall–Kier alpha value is -5.67. The number of carbonyl (C=O) groups is 3. The number of nitrogens with two attached hydrogens (primary N) is 1. The summed E-state index contributed by atoms with van der Waals surface area (Å²) in [5.74, 6) is -3.09. The predicted octanol–water partition coefficient (Wildman–Crippen LogP) is 7.58. The molecule has 11 nitrogen and oxygen atoms in total. The van der Waals surface area contributed by atoms with E-state index in [2.05, 4.69) is 25.3 Å². The zero-order valence-electron chi connectivity index (χ0n) is 29.4. The molecule has 2 aliphatic carbocycles. The van der Waals surface area contributed by atoms with Gasteiger partial charge in [0.1, 0.15) is 22.5 Å². The second kappa shape index (κ2) is 13.2. The SMILES string of the molecule is C[C@@]1(Cc2ccc(OC(F)(F)F)cc2)C(=O)N(c2cc(Cl)c(F)c(Cl)c2)c2ncc(C(=O)NC3(C(=O)NC4(c5ccc(-c6ccc(N)cc6)cn5)CC4)CC3)n21. The van der Waals surface area contributed by atoms with Crippen molar-refractivity contribution < 1.29 is 36.7 Å². The van der Waals surface area contributed by atoms with Gasteiger partial charge in [0.2, 0.25) is 11.9 Å². The summed E-state index contributed by atoms with van der Waals surface area (Å²) in [6.07, 6.45) is -0.0239. The molecular formula is C39H31Cl2F4N7O4. The summed E-state index contributed by atoms with van der Waals surface area (Å²) in [5, 5.41) is 5.26. The number of pyridine rings is 1. The van der Waals surface area contributed by atoms with Crippen molar-refractivity contribution >= 4 is 58.2 Å². The summed E-state index contributed by atoms with van der Waals surface area (Å²) in [6, 6.07) is 18.5. The third-order valence-electron chi connectivity index (χ3n) is 10.4. The van der Waals surface area contributed by atoms with Crippen molar-refractivity contribution in [1.29, 1.82) is 0 Å². The van der Waals surface area contributed by atoms with E-state index < -0.39 is 46.4 Å². The lowest BCUT2D eigenvalue weighted by Crippen LogP contribution is -2.52. The summed E-state index contributed by atoms with van der Waals surface area (Å²) in [6.45, 7) is 1.53. The second-order valence-electron chi connectivity index (χ2n) is 14.4. The first-order chi connectivity index (χ1) is 26.5. The van der Waals surface area contributed by atoms with Crippen LogP contribution in [0.2, 0.25) is 10.0 Å². The van der Waals surface area contributed by atoms with Crippen molar-refractivity contribution in [1.82, 2.24) is 25.2 Å². The smallest absolute Gasteiger partial charge is 0.406 e. The topological polar surface area (TPSA) is 144 Å². The molecule has 288 valence electrons. The molecular weight excluding hydrogens is 777 g/mol. The first-order valence-corrected chi connectivity index (χ1v) is 18.2. The van der Waals surface area contributed by atoms with Crippen molar-refractivity contribution in [3.8, 4) is 16.9 Å². The van der Waals surface area contributed by atoms with Gasteiger partial charge in [-0.1, -0.05) is 53.5 Å². The Balaban J connectivity index is 1.06. The summed E-state index contributed by atoms with van der Waals surface area (Å²) in [5.41, 5.74) is 5.83. The molecule has 0 radical (unpaired) electrons. The normalized spacial score (nSPS) is 19.0. The van der Waals surface area contributed by atoms with Crippen molar-refractivity contribution in [2.45, 2.75) is 62.0 Å². The van der Waals surface area contributed by atoms with Crippen LogP contribution in [0.3, 0.4) is 0 Å². The average molecular weight is 809 g/mol. The molecule has 8 rings (SSSR count). The van der Waals surface area contributed by atoms with Crippen LogP contribution in [0.4, 0.5) is 34.9 Å². The molecule has 0 unspecified atom stereocenters. The van der Waals surface area contributed by atoms with E-state index in [1.807, 2.05) is 24.3 Å². The molecule has 0 bridgehead atoms. The molecule has 1 atom stereocenters. The number of alkyl halides is 3. The molecule has 3 aromatic carbocycles. The minimum absolute atomic E-state index is 0.0295. The highest BCUT2D eigenvalue weighted by molar-refractivity contribution is 6.35.